The zero-order chi connectivity index (χ0) is 29.2. The molecule has 0 saturated carbocycles. The van der Waals surface area contributed by atoms with Crippen molar-refractivity contribution >= 4 is 5.91 Å². The summed E-state index contributed by atoms with van der Waals surface area (Å²) >= 11 is 0. The molecule has 0 bridgehead atoms. The van der Waals surface area contributed by atoms with Gasteiger partial charge in [-0.1, -0.05) is 99.6 Å². The summed E-state index contributed by atoms with van der Waals surface area (Å²) in [5.74, 6) is 0.781. The van der Waals surface area contributed by atoms with Gasteiger partial charge in [0.15, 0.2) is 0 Å². The maximum atomic E-state index is 14.2. The molecule has 3 aromatic carbocycles. The monoisotopic (exact) mass is 554 g/mol. The Morgan fingerprint density at radius 1 is 0.902 bits per heavy atom. The summed E-state index contributed by atoms with van der Waals surface area (Å²) in [5, 5.41) is 22.1. The van der Waals surface area contributed by atoms with Crippen molar-refractivity contribution in [2.75, 3.05) is 26.3 Å². The molecule has 4 rings (SSSR count). The van der Waals surface area contributed by atoms with E-state index < -0.39 is 0 Å². The van der Waals surface area contributed by atoms with E-state index in [1.54, 1.807) is 0 Å². The van der Waals surface area contributed by atoms with Gasteiger partial charge in [-0.05, 0) is 36.1 Å². The average molecular weight is 555 g/mol. The van der Waals surface area contributed by atoms with Crippen LogP contribution in [0.3, 0.4) is 0 Å². The largest absolute Gasteiger partial charge is 0.395 e. The highest BCUT2D eigenvalue weighted by molar-refractivity contribution is 5.94. The van der Waals surface area contributed by atoms with Crippen LogP contribution < -0.4 is 5.32 Å². The van der Waals surface area contributed by atoms with Gasteiger partial charge in [0.25, 0.3) is 5.91 Å². The third-order valence-electron chi connectivity index (χ3n) is 7.18. The van der Waals surface area contributed by atoms with Crippen LogP contribution in [0.15, 0.2) is 97.2 Å². The number of hydrogen-bond donors (Lipinski definition) is 3. The Kier molecular flexibility index (Phi) is 10.5. The molecule has 3 N–H and O–H groups in total. The number of carbonyl (C=O) groups excluding carboxylic acids is 1. The van der Waals surface area contributed by atoms with Crippen molar-refractivity contribution < 1.29 is 15.0 Å². The maximum Gasteiger partial charge on any atom is 0.254 e. The SMILES string of the molecule is CC(C)(C)C(c1nc(-c2ccccc2)cn1Cc1ccccc1)N(CCCNC(CO)CO)C(=O)c1ccccc1. The Morgan fingerprint density at radius 2 is 1.49 bits per heavy atom. The summed E-state index contributed by atoms with van der Waals surface area (Å²) in [4.78, 5) is 21.3. The van der Waals surface area contributed by atoms with Gasteiger partial charge in [0, 0.05) is 30.4 Å². The van der Waals surface area contributed by atoms with Crippen LogP contribution in [0.4, 0.5) is 0 Å². The number of benzene rings is 3. The molecular weight excluding hydrogens is 512 g/mol. The Balaban J connectivity index is 1.78. The molecule has 7 heteroatoms. The van der Waals surface area contributed by atoms with Gasteiger partial charge in [0.2, 0.25) is 0 Å². The average Bonchev–Trinajstić information content (AvgIpc) is 3.39. The third kappa shape index (κ3) is 7.91. The van der Waals surface area contributed by atoms with E-state index in [9.17, 15) is 15.0 Å². The van der Waals surface area contributed by atoms with E-state index in [-0.39, 0.29) is 36.6 Å². The molecule has 0 aliphatic heterocycles. The van der Waals surface area contributed by atoms with E-state index in [1.807, 2.05) is 71.6 Å². The zero-order valence-corrected chi connectivity index (χ0v) is 24.3. The summed E-state index contributed by atoms with van der Waals surface area (Å²) in [6, 6.07) is 29.1. The highest BCUT2D eigenvalue weighted by Gasteiger charge is 2.38. The number of rotatable bonds is 13. The highest BCUT2D eigenvalue weighted by atomic mass is 16.3. The standard InChI is InChI=1S/C34H42N4O3/c1-34(2,3)31(38(21-13-20-35-29(24-39)25-40)33(41)28-18-11-6-12-19-28)32-36-30(27-16-9-5-10-17-27)23-37(32)22-26-14-7-4-8-15-26/h4-12,14-19,23,29,31,35,39-40H,13,20-22,24-25H2,1-3H3. The summed E-state index contributed by atoms with van der Waals surface area (Å²) in [6.07, 6.45) is 2.74. The Bertz CT molecular complexity index is 1350. The number of nitrogens with one attached hydrogen (secondary N) is 1. The van der Waals surface area contributed by atoms with Crippen LogP contribution >= 0.6 is 0 Å². The van der Waals surface area contributed by atoms with Crippen LogP contribution in [0, 0.1) is 5.41 Å². The Morgan fingerprint density at radius 3 is 2.07 bits per heavy atom. The van der Waals surface area contributed by atoms with Gasteiger partial charge in [-0.15, -0.1) is 0 Å². The molecule has 41 heavy (non-hydrogen) atoms. The first-order valence-electron chi connectivity index (χ1n) is 14.3. The number of aliphatic hydroxyl groups excluding tert-OH is 2. The molecule has 0 radical (unpaired) electrons. The van der Waals surface area contributed by atoms with E-state index in [0.29, 0.717) is 31.6 Å². The Hall–Kier alpha value is -3.78. The van der Waals surface area contributed by atoms with Gasteiger partial charge < -0.3 is 25.0 Å². The molecule has 4 aromatic rings. The minimum absolute atomic E-state index is 0.0538. The number of carbonyl (C=O) groups is 1. The lowest BCUT2D eigenvalue weighted by Crippen LogP contribution is -2.44. The first kappa shape index (κ1) is 30.2. The lowest BCUT2D eigenvalue weighted by Gasteiger charge is -2.40. The van der Waals surface area contributed by atoms with Crippen LogP contribution in [-0.4, -0.2) is 62.9 Å². The van der Waals surface area contributed by atoms with Crippen molar-refractivity contribution in [2.45, 2.75) is 45.8 Å². The number of aliphatic hydroxyl groups is 2. The molecule has 1 atom stereocenters. The lowest BCUT2D eigenvalue weighted by molar-refractivity contribution is 0.0478. The number of hydrogen-bond acceptors (Lipinski definition) is 5. The summed E-state index contributed by atoms with van der Waals surface area (Å²) < 4.78 is 2.19. The van der Waals surface area contributed by atoms with Crippen molar-refractivity contribution in [1.82, 2.24) is 19.8 Å². The lowest BCUT2D eigenvalue weighted by atomic mass is 9.84. The fraction of sp³-hybridized carbons (Fsp3) is 0.353. The van der Waals surface area contributed by atoms with Crippen LogP contribution in [0.1, 0.15) is 55.0 Å². The van der Waals surface area contributed by atoms with Crippen LogP contribution in [-0.2, 0) is 6.54 Å². The van der Waals surface area contributed by atoms with Gasteiger partial charge in [-0.25, -0.2) is 4.98 Å². The summed E-state index contributed by atoms with van der Waals surface area (Å²) in [7, 11) is 0. The Labute approximate surface area is 243 Å². The minimum Gasteiger partial charge on any atom is -0.395 e. The molecule has 0 fully saturated rings. The molecule has 1 unspecified atom stereocenters. The predicted octanol–water partition coefficient (Wildman–Crippen LogP) is 5.16. The van der Waals surface area contributed by atoms with E-state index in [4.69, 9.17) is 4.98 Å². The van der Waals surface area contributed by atoms with Gasteiger partial charge in [-0.2, -0.15) is 0 Å². The first-order valence-corrected chi connectivity index (χ1v) is 14.3. The normalized spacial score (nSPS) is 12.4. The second-order valence-corrected chi connectivity index (χ2v) is 11.5. The van der Waals surface area contributed by atoms with E-state index in [1.165, 1.54) is 0 Å². The van der Waals surface area contributed by atoms with Gasteiger partial charge >= 0.3 is 0 Å². The minimum atomic E-state index is -0.384. The number of aromatic nitrogens is 2. The fourth-order valence-corrected chi connectivity index (χ4v) is 5.13. The quantitative estimate of drug-likeness (QED) is 0.199. The van der Waals surface area contributed by atoms with Gasteiger partial charge in [0.05, 0.1) is 31.0 Å². The predicted molar refractivity (Wildman–Crippen MR) is 163 cm³/mol. The zero-order valence-electron chi connectivity index (χ0n) is 24.3. The number of nitrogens with zero attached hydrogens (tertiary/aromatic N) is 3. The molecule has 1 amide bonds. The maximum absolute atomic E-state index is 14.2. The summed E-state index contributed by atoms with van der Waals surface area (Å²) in [6.45, 7) is 7.82. The van der Waals surface area contributed by atoms with Crippen LogP contribution in [0.2, 0.25) is 0 Å². The molecule has 0 spiro atoms. The van der Waals surface area contributed by atoms with Crippen molar-refractivity contribution in [2.24, 2.45) is 5.41 Å². The van der Waals surface area contributed by atoms with Crippen molar-refractivity contribution in [3.05, 3.63) is 114 Å². The highest BCUT2D eigenvalue weighted by Crippen LogP contribution is 2.40. The topological polar surface area (TPSA) is 90.6 Å². The molecule has 7 nitrogen and oxygen atoms in total. The molecule has 0 aliphatic rings. The van der Waals surface area contributed by atoms with Crippen molar-refractivity contribution in [3.8, 4) is 11.3 Å². The molecule has 1 heterocycles. The smallest absolute Gasteiger partial charge is 0.254 e. The fourth-order valence-electron chi connectivity index (χ4n) is 5.13. The van der Waals surface area contributed by atoms with E-state index in [0.717, 1.165) is 22.6 Å². The van der Waals surface area contributed by atoms with Gasteiger partial charge in [0.1, 0.15) is 5.82 Å². The second kappa shape index (κ2) is 14.2. The van der Waals surface area contributed by atoms with Gasteiger partial charge in [-0.3, -0.25) is 4.79 Å². The van der Waals surface area contributed by atoms with Crippen molar-refractivity contribution in [3.63, 3.8) is 0 Å². The van der Waals surface area contributed by atoms with Crippen LogP contribution in [0.25, 0.3) is 11.3 Å². The molecule has 0 saturated heterocycles. The molecule has 0 aliphatic carbocycles. The third-order valence-corrected chi connectivity index (χ3v) is 7.18. The van der Waals surface area contributed by atoms with E-state index >= 15 is 0 Å². The second-order valence-electron chi connectivity index (χ2n) is 11.5. The van der Waals surface area contributed by atoms with E-state index in [2.05, 4.69) is 61.1 Å². The molecular formula is C34H42N4O3. The molecule has 216 valence electrons. The molecule has 1 aromatic heterocycles. The van der Waals surface area contributed by atoms with Crippen molar-refractivity contribution in [1.29, 1.82) is 0 Å². The van der Waals surface area contributed by atoms with Crippen LogP contribution in [0.5, 0.6) is 0 Å². The number of amides is 1. The summed E-state index contributed by atoms with van der Waals surface area (Å²) in [5.41, 5.74) is 3.33. The first-order chi connectivity index (χ1) is 19.8. The number of imidazole rings is 1.